The molecule has 0 aliphatic rings. The third kappa shape index (κ3) is 4.33. The smallest absolute Gasteiger partial charge is 0.156 e. The average molecular weight is 413 g/mol. The Balaban J connectivity index is 2.04. The van der Waals surface area contributed by atoms with E-state index >= 15 is 0 Å². The second kappa shape index (κ2) is 8.99. The average Bonchev–Trinajstić information content (AvgIpc) is 3.06. The van der Waals surface area contributed by atoms with Crippen molar-refractivity contribution < 1.29 is 0 Å². The van der Waals surface area contributed by atoms with Gasteiger partial charge in [0.15, 0.2) is 5.82 Å². The molecule has 3 rings (SSSR count). The Kier molecular flexibility index (Phi) is 6.45. The molecule has 4 nitrogen and oxygen atoms in total. The van der Waals surface area contributed by atoms with Crippen LogP contribution in [0.4, 0.5) is 5.82 Å². The first kappa shape index (κ1) is 18.6. The third-order valence-electron chi connectivity index (χ3n) is 4.29. The highest BCUT2D eigenvalue weighted by Gasteiger charge is 2.20. The van der Waals surface area contributed by atoms with E-state index in [1.165, 1.54) is 5.56 Å². The molecule has 0 fully saturated rings. The Morgan fingerprint density at radius 1 is 0.923 bits per heavy atom. The minimum atomic E-state index is 0.788. The van der Waals surface area contributed by atoms with E-state index in [0.717, 1.165) is 54.0 Å². The van der Waals surface area contributed by atoms with Gasteiger partial charge in [-0.25, -0.2) is 0 Å². The topological polar surface area (TPSA) is 34.0 Å². The van der Waals surface area contributed by atoms with Gasteiger partial charge in [-0.1, -0.05) is 65.3 Å². The maximum absolute atomic E-state index is 4.56. The predicted molar refractivity (Wildman–Crippen MR) is 111 cm³/mol. The molecule has 0 amide bonds. The van der Waals surface area contributed by atoms with Gasteiger partial charge in [0.2, 0.25) is 0 Å². The first-order valence-corrected chi connectivity index (χ1v) is 10.0. The fraction of sp³-hybridized carbons (Fsp3) is 0.333. The molecule has 1 aromatic heterocycles. The Hall–Kier alpha value is -2.14. The molecule has 0 saturated heterocycles. The van der Waals surface area contributed by atoms with Gasteiger partial charge < -0.3 is 4.90 Å². The van der Waals surface area contributed by atoms with Crippen molar-refractivity contribution >= 4 is 21.7 Å². The molecule has 0 aliphatic heterocycles. The van der Waals surface area contributed by atoms with Gasteiger partial charge >= 0.3 is 0 Å². The SMILES string of the molecule is CCCN(CCC)c1c(Cc2ccccc2)nnn1-c1ccc(Br)cc1. The lowest BCUT2D eigenvalue weighted by molar-refractivity contribution is 0.703. The van der Waals surface area contributed by atoms with Gasteiger partial charge in [-0.05, 0) is 42.7 Å². The van der Waals surface area contributed by atoms with E-state index in [9.17, 15) is 0 Å². The molecule has 136 valence electrons. The molecule has 0 bridgehead atoms. The summed E-state index contributed by atoms with van der Waals surface area (Å²) in [5, 5.41) is 9.06. The van der Waals surface area contributed by atoms with E-state index in [4.69, 9.17) is 0 Å². The van der Waals surface area contributed by atoms with Gasteiger partial charge in [0, 0.05) is 24.0 Å². The summed E-state index contributed by atoms with van der Waals surface area (Å²) in [6.45, 7) is 6.43. The van der Waals surface area contributed by atoms with Gasteiger partial charge in [0.05, 0.1) is 5.69 Å². The molecule has 2 aromatic carbocycles. The van der Waals surface area contributed by atoms with Crippen molar-refractivity contribution in [2.24, 2.45) is 0 Å². The molecule has 0 saturated carbocycles. The number of nitrogens with zero attached hydrogens (tertiary/aromatic N) is 4. The zero-order valence-electron chi connectivity index (χ0n) is 15.4. The van der Waals surface area contributed by atoms with Gasteiger partial charge in [-0.2, -0.15) is 4.68 Å². The zero-order valence-corrected chi connectivity index (χ0v) is 17.0. The van der Waals surface area contributed by atoms with Gasteiger partial charge in [0.1, 0.15) is 5.69 Å². The summed E-state index contributed by atoms with van der Waals surface area (Å²) < 4.78 is 3.04. The standard InChI is InChI=1S/C21H25BrN4/c1-3-14-25(15-4-2)21-20(16-17-8-6-5-7-9-17)23-24-26(21)19-12-10-18(22)11-13-19/h5-13H,3-4,14-16H2,1-2H3. The van der Waals surface area contributed by atoms with Crippen LogP contribution in [0.3, 0.4) is 0 Å². The number of anilines is 1. The van der Waals surface area contributed by atoms with Crippen molar-refractivity contribution in [1.29, 1.82) is 0 Å². The summed E-state index contributed by atoms with van der Waals surface area (Å²) in [5.74, 6) is 1.11. The lowest BCUT2D eigenvalue weighted by atomic mass is 10.1. The van der Waals surface area contributed by atoms with E-state index in [1.807, 2.05) is 22.9 Å². The molecule has 0 spiro atoms. The summed E-state index contributed by atoms with van der Waals surface area (Å²) >= 11 is 3.51. The maximum atomic E-state index is 4.56. The maximum Gasteiger partial charge on any atom is 0.156 e. The summed E-state index contributed by atoms with van der Waals surface area (Å²) in [4.78, 5) is 2.42. The Bertz CT molecular complexity index is 806. The van der Waals surface area contributed by atoms with Crippen LogP contribution in [0.2, 0.25) is 0 Å². The van der Waals surface area contributed by atoms with Crippen LogP contribution in [0, 0.1) is 0 Å². The Labute approximate surface area is 164 Å². The van der Waals surface area contributed by atoms with Gasteiger partial charge in [-0.3, -0.25) is 0 Å². The largest absolute Gasteiger partial charge is 0.355 e. The third-order valence-corrected chi connectivity index (χ3v) is 4.81. The van der Waals surface area contributed by atoms with Crippen LogP contribution in [0.5, 0.6) is 0 Å². The van der Waals surface area contributed by atoms with Crippen molar-refractivity contribution in [3.63, 3.8) is 0 Å². The van der Waals surface area contributed by atoms with E-state index in [1.54, 1.807) is 0 Å². The van der Waals surface area contributed by atoms with Crippen LogP contribution >= 0.6 is 15.9 Å². The molecule has 0 aliphatic carbocycles. The summed E-state index contributed by atoms with van der Waals surface area (Å²) in [6, 6.07) is 18.7. The van der Waals surface area contributed by atoms with Crippen LogP contribution < -0.4 is 4.90 Å². The molecule has 3 aromatic rings. The highest BCUT2D eigenvalue weighted by atomic mass is 79.9. The number of benzene rings is 2. The molecule has 0 radical (unpaired) electrons. The normalized spacial score (nSPS) is 10.9. The number of rotatable bonds is 8. The van der Waals surface area contributed by atoms with Crippen LogP contribution in [-0.4, -0.2) is 28.1 Å². The van der Waals surface area contributed by atoms with Crippen LogP contribution in [0.1, 0.15) is 37.9 Å². The summed E-state index contributed by atoms with van der Waals surface area (Å²) in [7, 11) is 0. The molecule has 26 heavy (non-hydrogen) atoms. The Morgan fingerprint density at radius 3 is 2.19 bits per heavy atom. The summed E-state index contributed by atoms with van der Waals surface area (Å²) in [6.07, 6.45) is 2.98. The van der Waals surface area contributed by atoms with Gasteiger partial charge in [0.25, 0.3) is 0 Å². The fourth-order valence-corrected chi connectivity index (χ4v) is 3.41. The monoisotopic (exact) mass is 412 g/mol. The predicted octanol–water partition coefficient (Wildman–Crippen LogP) is 5.25. The minimum absolute atomic E-state index is 0.788. The van der Waals surface area contributed by atoms with Crippen molar-refractivity contribution in [2.45, 2.75) is 33.1 Å². The fourth-order valence-electron chi connectivity index (χ4n) is 3.15. The molecular formula is C21H25BrN4. The lowest BCUT2D eigenvalue weighted by Gasteiger charge is -2.25. The minimum Gasteiger partial charge on any atom is -0.355 e. The molecular weight excluding hydrogens is 388 g/mol. The van der Waals surface area contributed by atoms with Crippen molar-refractivity contribution in [2.75, 3.05) is 18.0 Å². The van der Waals surface area contributed by atoms with E-state index < -0.39 is 0 Å². The summed E-state index contributed by atoms with van der Waals surface area (Å²) in [5.41, 5.74) is 3.32. The van der Waals surface area contributed by atoms with E-state index in [0.29, 0.717) is 0 Å². The highest BCUT2D eigenvalue weighted by molar-refractivity contribution is 9.10. The van der Waals surface area contributed by atoms with Crippen LogP contribution in [-0.2, 0) is 6.42 Å². The second-order valence-corrected chi connectivity index (χ2v) is 7.31. The number of hydrogen-bond donors (Lipinski definition) is 0. The first-order chi connectivity index (χ1) is 12.7. The number of hydrogen-bond acceptors (Lipinski definition) is 3. The molecule has 0 unspecified atom stereocenters. The quantitative estimate of drug-likeness (QED) is 0.506. The van der Waals surface area contributed by atoms with E-state index in [-0.39, 0.29) is 0 Å². The Morgan fingerprint density at radius 2 is 1.58 bits per heavy atom. The molecule has 0 N–H and O–H groups in total. The number of halogens is 1. The van der Waals surface area contributed by atoms with Gasteiger partial charge in [-0.15, -0.1) is 5.10 Å². The van der Waals surface area contributed by atoms with Crippen LogP contribution in [0.25, 0.3) is 5.69 Å². The molecule has 5 heteroatoms. The molecule has 0 atom stereocenters. The van der Waals surface area contributed by atoms with Crippen LogP contribution in [0.15, 0.2) is 59.1 Å². The number of aromatic nitrogens is 3. The zero-order chi connectivity index (χ0) is 18.4. The van der Waals surface area contributed by atoms with E-state index in [2.05, 4.69) is 81.4 Å². The molecule has 1 heterocycles. The highest BCUT2D eigenvalue weighted by Crippen LogP contribution is 2.26. The van der Waals surface area contributed by atoms with Crippen molar-refractivity contribution in [3.8, 4) is 5.69 Å². The van der Waals surface area contributed by atoms with Crippen molar-refractivity contribution in [1.82, 2.24) is 15.0 Å². The van der Waals surface area contributed by atoms with Crippen molar-refractivity contribution in [3.05, 3.63) is 70.3 Å². The second-order valence-electron chi connectivity index (χ2n) is 6.40. The lowest BCUT2D eigenvalue weighted by Crippen LogP contribution is -2.28. The first-order valence-electron chi connectivity index (χ1n) is 9.22.